The second-order valence-electron chi connectivity index (χ2n) is 4.02. The Morgan fingerprint density at radius 1 is 1.60 bits per heavy atom. The van der Waals surface area contributed by atoms with Crippen LogP contribution in [0.15, 0.2) is 12.3 Å². The van der Waals surface area contributed by atoms with Crippen LogP contribution in [0.5, 0.6) is 0 Å². The molecule has 80 valence electrons. The van der Waals surface area contributed by atoms with Crippen molar-refractivity contribution >= 4 is 5.95 Å². The number of nitrogens with zero attached hydrogens (tertiary/aromatic N) is 4. The molecule has 0 radical (unpaired) electrons. The Morgan fingerprint density at radius 3 is 2.80 bits per heavy atom. The highest BCUT2D eigenvalue weighted by Crippen LogP contribution is 2.10. The SMILES string of the molecule is CN(CC(C)(C)O)c1nccc(C#N)n1. The van der Waals surface area contributed by atoms with Crippen molar-refractivity contribution in [2.24, 2.45) is 0 Å². The first kappa shape index (κ1) is 11.4. The van der Waals surface area contributed by atoms with E-state index in [1.54, 1.807) is 31.9 Å². The number of anilines is 1. The molecule has 0 saturated heterocycles. The third-order valence-corrected chi connectivity index (χ3v) is 1.72. The van der Waals surface area contributed by atoms with E-state index in [9.17, 15) is 5.11 Å². The number of aliphatic hydroxyl groups is 1. The van der Waals surface area contributed by atoms with E-state index in [-0.39, 0.29) is 0 Å². The monoisotopic (exact) mass is 206 g/mol. The van der Waals surface area contributed by atoms with Crippen molar-refractivity contribution in [2.45, 2.75) is 19.4 Å². The smallest absolute Gasteiger partial charge is 0.226 e. The van der Waals surface area contributed by atoms with Crippen molar-refractivity contribution in [1.82, 2.24) is 9.97 Å². The van der Waals surface area contributed by atoms with Crippen LogP contribution < -0.4 is 4.90 Å². The van der Waals surface area contributed by atoms with Crippen LogP contribution in [-0.2, 0) is 0 Å². The van der Waals surface area contributed by atoms with Crippen LogP contribution in [0.1, 0.15) is 19.5 Å². The van der Waals surface area contributed by atoms with Crippen molar-refractivity contribution < 1.29 is 5.11 Å². The summed E-state index contributed by atoms with van der Waals surface area (Å²) in [5.41, 5.74) is -0.497. The fourth-order valence-electron chi connectivity index (χ4n) is 1.25. The van der Waals surface area contributed by atoms with Gasteiger partial charge in [0.15, 0.2) is 0 Å². The van der Waals surface area contributed by atoms with Crippen LogP contribution in [0, 0.1) is 11.3 Å². The number of nitriles is 1. The Labute approximate surface area is 89.0 Å². The maximum absolute atomic E-state index is 9.61. The van der Waals surface area contributed by atoms with Crippen molar-refractivity contribution in [3.63, 3.8) is 0 Å². The largest absolute Gasteiger partial charge is 0.389 e. The van der Waals surface area contributed by atoms with E-state index in [0.717, 1.165) is 0 Å². The number of aromatic nitrogens is 2. The summed E-state index contributed by atoms with van der Waals surface area (Å²) in [6.45, 7) is 3.82. The molecule has 1 rings (SSSR count). The van der Waals surface area contributed by atoms with E-state index < -0.39 is 5.60 Å². The van der Waals surface area contributed by atoms with E-state index in [1.165, 1.54) is 6.20 Å². The molecule has 0 unspecified atom stereocenters. The van der Waals surface area contributed by atoms with Gasteiger partial charge in [0.2, 0.25) is 5.95 Å². The lowest BCUT2D eigenvalue weighted by atomic mass is 10.1. The van der Waals surface area contributed by atoms with Crippen LogP contribution in [0.3, 0.4) is 0 Å². The molecule has 0 saturated carbocycles. The predicted molar refractivity (Wildman–Crippen MR) is 56.3 cm³/mol. The zero-order valence-electron chi connectivity index (χ0n) is 9.10. The van der Waals surface area contributed by atoms with Crippen LogP contribution in [0.2, 0.25) is 0 Å². The van der Waals surface area contributed by atoms with Gasteiger partial charge >= 0.3 is 0 Å². The Morgan fingerprint density at radius 2 is 2.27 bits per heavy atom. The second-order valence-corrected chi connectivity index (χ2v) is 4.02. The summed E-state index contributed by atoms with van der Waals surface area (Å²) < 4.78 is 0. The van der Waals surface area contributed by atoms with Gasteiger partial charge in [-0.2, -0.15) is 5.26 Å². The lowest BCUT2D eigenvalue weighted by Gasteiger charge is -2.25. The molecule has 0 aliphatic rings. The summed E-state index contributed by atoms with van der Waals surface area (Å²) in [6.07, 6.45) is 1.53. The molecule has 0 amide bonds. The summed E-state index contributed by atoms with van der Waals surface area (Å²) in [6, 6.07) is 3.49. The highest BCUT2D eigenvalue weighted by molar-refractivity contribution is 5.32. The first-order valence-electron chi connectivity index (χ1n) is 4.59. The van der Waals surface area contributed by atoms with Gasteiger partial charge < -0.3 is 10.0 Å². The van der Waals surface area contributed by atoms with Crippen molar-refractivity contribution in [3.8, 4) is 6.07 Å². The minimum atomic E-state index is -0.819. The van der Waals surface area contributed by atoms with E-state index in [1.807, 2.05) is 6.07 Å². The Kier molecular flexibility index (Phi) is 3.22. The zero-order chi connectivity index (χ0) is 11.5. The maximum Gasteiger partial charge on any atom is 0.226 e. The predicted octanol–water partition coefficient (Wildman–Crippen LogP) is 0.555. The molecule has 15 heavy (non-hydrogen) atoms. The Hall–Kier alpha value is -1.67. The average Bonchev–Trinajstić information content (AvgIpc) is 2.15. The lowest BCUT2D eigenvalue weighted by molar-refractivity contribution is 0.0883. The molecule has 5 nitrogen and oxygen atoms in total. The molecule has 0 spiro atoms. The zero-order valence-corrected chi connectivity index (χ0v) is 9.10. The molecule has 0 aliphatic carbocycles. The topological polar surface area (TPSA) is 73.0 Å². The lowest BCUT2D eigenvalue weighted by Crippen LogP contribution is -2.37. The van der Waals surface area contributed by atoms with Crippen LogP contribution in [0.25, 0.3) is 0 Å². The van der Waals surface area contributed by atoms with Gasteiger partial charge in [-0.05, 0) is 19.9 Å². The number of rotatable bonds is 3. The molecule has 0 fully saturated rings. The number of hydrogen-bond donors (Lipinski definition) is 1. The molecule has 5 heteroatoms. The molecule has 0 aromatic carbocycles. The number of hydrogen-bond acceptors (Lipinski definition) is 5. The minimum absolute atomic E-state index is 0.322. The second kappa shape index (κ2) is 4.24. The average molecular weight is 206 g/mol. The maximum atomic E-state index is 9.61. The summed E-state index contributed by atoms with van der Waals surface area (Å²) in [5, 5.41) is 18.3. The van der Waals surface area contributed by atoms with Gasteiger partial charge in [-0.15, -0.1) is 0 Å². The first-order valence-corrected chi connectivity index (χ1v) is 4.59. The highest BCUT2D eigenvalue weighted by atomic mass is 16.3. The molecular formula is C10H14N4O. The third kappa shape index (κ3) is 3.52. The van der Waals surface area contributed by atoms with Gasteiger partial charge in [0, 0.05) is 19.8 Å². The molecule has 0 aliphatic heterocycles. The molecule has 0 atom stereocenters. The standard InChI is InChI=1S/C10H14N4O/c1-10(2,15)7-14(3)9-12-5-4-8(6-11)13-9/h4-5,15H,7H2,1-3H3. The molecular weight excluding hydrogens is 192 g/mol. The number of likely N-dealkylation sites (N-methyl/N-ethyl adjacent to an activating group) is 1. The summed E-state index contributed by atoms with van der Waals surface area (Å²) >= 11 is 0. The fraction of sp³-hybridized carbons (Fsp3) is 0.500. The summed E-state index contributed by atoms with van der Waals surface area (Å²) in [5.74, 6) is 0.441. The quantitative estimate of drug-likeness (QED) is 0.782. The van der Waals surface area contributed by atoms with Gasteiger partial charge in [0.1, 0.15) is 11.8 Å². The fourth-order valence-corrected chi connectivity index (χ4v) is 1.25. The van der Waals surface area contributed by atoms with Gasteiger partial charge in [-0.25, -0.2) is 9.97 Å². The molecule has 0 bridgehead atoms. The first-order chi connectivity index (χ1) is 6.92. The van der Waals surface area contributed by atoms with Gasteiger partial charge in [-0.1, -0.05) is 0 Å². The third-order valence-electron chi connectivity index (χ3n) is 1.72. The van der Waals surface area contributed by atoms with Crippen molar-refractivity contribution in [3.05, 3.63) is 18.0 Å². The van der Waals surface area contributed by atoms with Crippen LogP contribution >= 0.6 is 0 Å². The molecule has 1 aromatic rings. The highest BCUT2D eigenvalue weighted by Gasteiger charge is 2.17. The van der Waals surface area contributed by atoms with E-state index in [4.69, 9.17) is 5.26 Å². The van der Waals surface area contributed by atoms with Gasteiger partial charge in [0.25, 0.3) is 0 Å². The van der Waals surface area contributed by atoms with Crippen LogP contribution in [-0.4, -0.2) is 34.3 Å². The van der Waals surface area contributed by atoms with E-state index in [2.05, 4.69) is 9.97 Å². The van der Waals surface area contributed by atoms with E-state index >= 15 is 0 Å². The normalized spacial score (nSPS) is 10.9. The summed E-state index contributed by atoms with van der Waals surface area (Å²) in [4.78, 5) is 9.75. The van der Waals surface area contributed by atoms with Gasteiger partial charge in [0.05, 0.1) is 5.60 Å². The molecule has 1 N–H and O–H groups in total. The minimum Gasteiger partial charge on any atom is -0.389 e. The van der Waals surface area contributed by atoms with Crippen molar-refractivity contribution in [1.29, 1.82) is 5.26 Å². The summed E-state index contributed by atoms with van der Waals surface area (Å²) in [7, 11) is 1.77. The Balaban J connectivity index is 2.83. The Bertz CT molecular complexity index is 378. The van der Waals surface area contributed by atoms with Crippen molar-refractivity contribution in [2.75, 3.05) is 18.5 Å². The van der Waals surface area contributed by atoms with Gasteiger partial charge in [-0.3, -0.25) is 0 Å². The van der Waals surface area contributed by atoms with Crippen LogP contribution in [0.4, 0.5) is 5.95 Å². The molecule has 1 heterocycles. The van der Waals surface area contributed by atoms with E-state index in [0.29, 0.717) is 18.2 Å². The molecule has 1 aromatic heterocycles.